The highest BCUT2D eigenvalue weighted by Gasteiger charge is 2.53. The first-order valence-corrected chi connectivity index (χ1v) is 12.1. The fourth-order valence-electron chi connectivity index (χ4n) is 3.98. The molecule has 30 heavy (non-hydrogen) atoms. The molecule has 4 rings (SSSR count). The lowest BCUT2D eigenvalue weighted by Crippen LogP contribution is -2.52. The van der Waals surface area contributed by atoms with Gasteiger partial charge in [-0.1, -0.05) is 40.2 Å². The van der Waals surface area contributed by atoms with E-state index >= 15 is 0 Å². The van der Waals surface area contributed by atoms with E-state index in [0.717, 1.165) is 22.9 Å². The van der Waals surface area contributed by atoms with Crippen molar-refractivity contribution in [1.29, 1.82) is 0 Å². The minimum absolute atomic E-state index is 0.0837. The number of benzene rings is 2. The molecule has 0 N–H and O–H groups in total. The van der Waals surface area contributed by atoms with Crippen LogP contribution in [-0.4, -0.2) is 55.5 Å². The van der Waals surface area contributed by atoms with E-state index < -0.39 is 15.4 Å². The molecule has 6 nitrogen and oxygen atoms in total. The maximum Gasteiger partial charge on any atom is 0.243 e. The zero-order valence-electron chi connectivity index (χ0n) is 16.7. The Morgan fingerprint density at radius 3 is 2.17 bits per heavy atom. The van der Waals surface area contributed by atoms with Crippen molar-refractivity contribution >= 4 is 37.6 Å². The number of sulfonamides is 1. The van der Waals surface area contributed by atoms with Crippen molar-refractivity contribution in [2.24, 2.45) is 0 Å². The molecule has 0 bridgehead atoms. The second kappa shape index (κ2) is 7.90. The third kappa shape index (κ3) is 3.84. The summed E-state index contributed by atoms with van der Waals surface area (Å²) in [6, 6.07) is 14.0. The van der Waals surface area contributed by atoms with Crippen molar-refractivity contribution in [3.05, 3.63) is 64.1 Å². The summed E-state index contributed by atoms with van der Waals surface area (Å²) in [5.41, 5.74) is 0.930. The molecule has 2 fully saturated rings. The summed E-state index contributed by atoms with van der Waals surface area (Å²) in [4.78, 5) is 26.7. The van der Waals surface area contributed by atoms with Gasteiger partial charge in [0.25, 0.3) is 0 Å². The summed E-state index contributed by atoms with van der Waals surface area (Å²) in [6.45, 7) is 2.63. The molecule has 0 aromatic heterocycles. The average molecular weight is 491 g/mol. The van der Waals surface area contributed by atoms with E-state index in [0.29, 0.717) is 18.7 Å². The summed E-state index contributed by atoms with van der Waals surface area (Å²) in [6.07, 6.45) is 1.65. The van der Waals surface area contributed by atoms with E-state index in [1.807, 2.05) is 24.3 Å². The van der Waals surface area contributed by atoms with E-state index in [2.05, 4.69) is 15.9 Å². The zero-order valence-corrected chi connectivity index (χ0v) is 19.1. The molecule has 0 unspecified atom stereocenters. The van der Waals surface area contributed by atoms with Crippen LogP contribution in [0.15, 0.2) is 57.9 Å². The SMILES string of the molecule is CC(=O)c1cccc(S(=O)(=O)N2CCN(C(=O)C3(c4ccc(Br)cc4)CC3)CC2)c1. The minimum atomic E-state index is -3.71. The van der Waals surface area contributed by atoms with Crippen LogP contribution < -0.4 is 0 Å². The molecule has 2 aromatic rings. The molecule has 0 spiro atoms. The minimum Gasteiger partial charge on any atom is -0.339 e. The van der Waals surface area contributed by atoms with E-state index in [4.69, 9.17) is 0 Å². The molecular weight excluding hydrogens is 468 g/mol. The number of halogens is 1. The maximum atomic E-state index is 13.2. The number of carbonyl (C=O) groups excluding carboxylic acids is 2. The molecule has 1 saturated carbocycles. The molecule has 0 radical (unpaired) electrons. The number of hydrogen-bond donors (Lipinski definition) is 0. The highest BCUT2D eigenvalue weighted by molar-refractivity contribution is 9.10. The smallest absolute Gasteiger partial charge is 0.243 e. The number of hydrogen-bond acceptors (Lipinski definition) is 4. The first-order chi connectivity index (χ1) is 14.2. The number of amides is 1. The Bertz CT molecular complexity index is 1090. The van der Waals surface area contributed by atoms with Gasteiger partial charge in [0.15, 0.2) is 5.78 Å². The number of carbonyl (C=O) groups is 2. The van der Waals surface area contributed by atoms with Gasteiger partial charge < -0.3 is 4.90 Å². The standard InChI is InChI=1S/C22H23BrN2O4S/c1-16(26)17-3-2-4-20(15-17)30(28,29)25-13-11-24(12-14-25)21(27)22(9-10-22)18-5-7-19(23)8-6-18/h2-8,15H,9-14H2,1H3. The van der Waals surface area contributed by atoms with Gasteiger partial charge in [-0.05, 0) is 49.6 Å². The number of Topliss-reactive ketones (excluding diaryl/α,β-unsaturated/α-hetero) is 1. The molecule has 1 saturated heterocycles. The highest BCUT2D eigenvalue weighted by Crippen LogP contribution is 2.50. The van der Waals surface area contributed by atoms with E-state index in [-0.39, 0.29) is 29.7 Å². The van der Waals surface area contributed by atoms with Crippen LogP contribution >= 0.6 is 15.9 Å². The van der Waals surface area contributed by atoms with Crippen LogP contribution in [-0.2, 0) is 20.2 Å². The van der Waals surface area contributed by atoms with Crippen molar-refractivity contribution < 1.29 is 18.0 Å². The molecule has 1 amide bonds. The Morgan fingerprint density at radius 2 is 1.60 bits per heavy atom. The first-order valence-electron chi connectivity index (χ1n) is 9.91. The van der Waals surface area contributed by atoms with Gasteiger partial charge >= 0.3 is 0 Å². The Balaban J connectivity index is 1.46. The average Bonchev–Trinajstić information content (AvgIpc) is 3.56. The zero-order chi connectivity index (χ0) is 21.5. The predicted octanol–water partition coefficient (Wildman–Crippen LogP) is 3.22. The Morgan fingerprint density at radius 1 is 0.967 bits per heavy atom. The third-order valence-electron chi connectivity index (χ3n) is 5.96. The van der Waals surface area contributed by atoms with Crippen molar-refractivity contribution in [1.82, 2.24) is 9.21 Å². The Kier molecular flexibility index (Phi) is 5.59. The van der Waals surface area contributed by atoms with Gasteiger partial charge in [-0.15, -0.1) is 0 Å². The van der Waals surface area contributed by atoms with Crippen molar-refractivity contribution in [3.63, 3.8) is 0 Å². The van der Waals surface area contributed by atoms with Crippen LogP contribution in [0.2, 0.25) is 0 Å². The summed E-state index contributed by atoms with van der Waals surface area (Å²) in [5, 5.41) is 0. The van der Waals surface area contributed by atoms with E-state index in [9.17, 15) is 18.0 Å². The number of rotatable bonds is 5. The molecule has 1 heterocycles. The summed E-state index contributed by atoms with van der Waals surface area (Å²) in [7, 11) is -3.71. The number of ketones is 1. The molecule has 2 aliphatic rings. The molecular formula is C22H23BrN2O4S. The van der Waals surface area contributed by atoms with Crippen molar-refractivity contribution in [2.45, 2.75) is 30.1 Å². The predicted molar refractivity (Wildman–Crippen MR) is 117 cm³/mol. The van der Waals surface area contributed by atoms with Crippen LogP contribution in [0.25, 0.3) is 0 Å². The highest BCUT2D eigenvalue weighted by atomic mass is 79.9. The molecule has 8 heteroatoms. The van der Waals surface area contributed by atoms with E-state index in [1.165, 1.54) is 23.4 Å². The normalized spacial score (nSPS) is 18.8. The van der Waals surface area contributed by atoms with Gasteiger partial charge in [0.2, 0.25) is 15.9 Å². The lowest BCUT2D eigenvalue weighted by Gasteiger charge is -2.36. The number of nitrogens with zero attached hydrogens (tertiary/aromatic N) is 2. The number of piperazine rings is 1. The third-order valence-corrected chi connectivity index (χ3v) is 8.38. The van der Waals surface area contributed by atoms with Crippen LogP contribution in [0, 0.1) is 0 Å². The largest absolute Gasteiger partial charge is 0.339 e. The van der Waals surface area contributed by atoms with Gasteiger partial charge in [0.1, 0.15) is 0 Å². The summed E-state index contributed by atoms with van der Waals surface area (Å²) >= 11 is 3.43. The van der Waals surface area contributed by atoms with Crippen LogP contribution in [0.1, 0.15) is 35.7 Å². The van der Waals surface area contributed by atoms with Crippen LogP contribution in [0.4, 0.5) is 0 Å². The molecule has 1 aliphatic carbocycles. The lowest BCUT2D eigenvalue weighted by atomic mass is 9.94. The second-order valence-corrected chi connectivity index (χ2v) is 10.7. The molecule has 1 aliphatic heterocycles. The van der Waals surface area contributed by atoms with E-state index in [1.54, 1.807) is 17.0 Å². The first kappa shape index (κ1) is 21.2. The van der Waals surface area contributed by atoms with Crippen molar-refractivity contribution in [3.8, 4) is 0 Å². The van der Waals surface area contributed by atoms with Gasteiger partial charge in [-0.25, -0.2) is 8.42 Å². The quantitative estimate of drug-likeness (QED) is 0.603. The fraction of sp³-hybridized carbons (Fsp3) is 0.364. The lowest BCUT2D eigenvalue weighted by molar-refractivity contribution is -0.135. The molecule has 2 aromatic carbocycles. The Labute approximate surface area is 185 Å². The molecule has 0 atom stereocenters. The molecule has 158 valence electrons. The van der Waals surface area contributed by atoms with Crippen LogP contribution in [0.5, 0.6) is 0 Å². The second-order valence-electron chi connectivity index (χ2n) is 7.87. The van der Waals surface area contributed by atoms with Gasteiger partial charge in [-0.2, -0.15) is 4.31 Å². The monoisotopic (exact) mass is 490 g/mol. The van der Waals surface area contributed by atoms with Crippen molar-refractivity contribution in [2.75, 3.05) is 26.2 Å². The summed E-state index contributed by atoms with van der Waals surface area (Å²) in [5.74, 6) is -0.0920. The Hall–Kier alpha value is -2.03. The van der Waals surface area contributed by atoms with Gasteiger partial charge in [0.05, 0.1) is 10.3 Å². The van der Waals surface area contributed by atoms with Crippen LogP contribution in [0.3, 0.4) is 0 Å². The maximum absolute atomic E-state index is 13.2. The fourth-order valence-corrected chi connectivity index (χ4v) is 5.71. The topological polar surface area (TPSA) is 74.8 Å². The van der Waals surface area contributed by atoms with Gasteiger partial charge in [0, 0.05) is 36.2 Å². The summed E-state index contributed by atoms with van der Waals surface area (Å²) < 4.78 is 28.4. The van der Waals surface area contributed by atoms with Gasteiger partial charge in [-0.3, -0.25) is 9.59 Å².